The Hall–Kier alpha value is -0.150. The number of hydrogen-bond acceptors (Lipinski definition) is 3. The van der Waals surface area contributed by atoms with Crippen molar-refractivity contribution in [2.45, 2.75) is 61.9 Å². The van der Waals surface area contributed by atoms with Gasteiger partial charge in [-0.1, -0.05) is 12.8 Å². The van der Waals surface area contributed by atoms with E-state index in [1.54, 1.807) is 0 Å². The van der Waals surface area contributed by atoms with Gasteiger partial charge in [-0.25, -0.2) is 0 Å². The number of thioether (sulfide) groups is 1. The molecular weight excluding hydrogens is 228 g/mol. The van der Waals surface area contributed by atoms with Crippen LogP contribution in [-0.2, 0) is 0 Å². The van der Waals surface area contributed by atoms with Crippen LogP contribution < -0.4 is 10.6 Å². The largest absolute Gasteiger partial charge is 0.387 e. The van der Waals surface area contributed by atoms with Gasteiger partial charge in [0, 0.05) is 29.6 Å². The van der Waals surface area contributed by atoms with Gasteiger partial charge in [-0.2, -0.15) is 0 Å². The van der Waals surface area contributed by atoms with E-state index < -0.39 is 0 Å². The van der Waals surface area contributed by atoms with Crippen molar-refractivity contribution in [1.29, 1.82) is 0 Å². The quantitative estimate of drug-likeness (QED) is 0.690. The van der Waals surface area contributed by atoms with Gasteiger partial charge >= 0.3 is 0 Å². The molecule has 0 radical (unpaired) electrons. The number of fused-ring (bicyclic) bond motifs is 5. The number of hydrogen-bond donors (Lipinski definition) is 2. The molecule has 94 valence electrons. The zero-order chi connectivity index (χ0) is 11.2. The minimum atomic E-state index is 0.721. The summed E-state index contributed by atoms with van der Waals surface area (Å²) in [5, 5.41) is 10.6. The van der Waals surface area contributed by atoms with Gasteiger partial charge in [0.1, 0.15) is 0 Å². The highest BCUT2D eigenvalue weighted by Gasteiger charge is 2.50. The predicted octanol–water partition coefficient (Wildman–Crippen LogP) is 2.47. The first kappa shape index (κ1) is 10.7. The molecule has 4 aliphatic rings. The van der Waals surface area contributed by atoms with Crippen LogP contribution in [0.25, 0.3) is 0 Å². The minimum absolute atomic E-state index is 0.721. The summed E-state index contributed by atoms with van der Waals surface area (Å²) in [6.45, 7) is 0. The average molecular weight is 250 g/mol. The van der Waals surface area contributed by atoms with E-state index in [-0.39, 0.29) is 0 Å². The van der Waals surface area contributed by atoms with Crippen LogP contribution in [0.3, 0.4) is 0 Å². The molecule has 2 nitrogen and oxygen atoms in total. The Balaban J connectivity index is 1.58. The van der Waals surface area contributed by atoms with Crippen LogP contribution >= 0.6 is 11.8 Å². The second kappa shape index (κ2) is 4.20. The molecule has 4 rings (SSSR count). The van der Waals surface area contributed by atoms with E-state index in [9.17, 15) is 0 Å². The molecule has 2 N–H and O–H groups in total. The fourth-order valence-corrected chi connectivity index (χ4v) is 5.88. The monoisotopic (exact) mass is 250 g/mol. The highest BCUT2D eigenvalue weighted by Crippen LogP contribution is 2.47. The topological polar surface area (TPSA) is 24.1 Å². The lowest BCUT2D eigenvalue weighted by Gasteiger charge is -2.42. The molecule has 2 saturated carbocycles. The van der Waals surface area contributed by atoms with Crippen LogP contribution in [-0.4, -0.2) is 23.4 Å². The number of nitrogens with one attached hydrogen (secondary N) is 2. The maximum Gasteiger partial charge on any atom is 0.0447 e. The first-order valence-electron chi connectivity index (χ1n) is 7.26. The first-order valence-corrected chi connectivity index (χ1v) is 8.20. The van der Waals surface area contributed by atoms with Gasteiger partial charge in [-0.05, 0) is 42.9 Å². The van der Waals surface area contributed by atoms with Gasteiger partial charge in [0.15, 0.2) is 0 Å². The first-order chi connectivity index (χ1) is 8.43. The van der Waals surface area contributed by atoms with Gasteiger partial charge in [0.05, 0.1) is 0 Å². The maximum atomic E-state index is 4.00. The number of rotatable bonds is 0. The normalized spacial score (nSPS) is 52.2. The van der Waals surface area contributed by atoms with E-state index >= 15 is 0 Å². The second-order valence-electron chi connectivity index (χ2n) is 6.17. The van der Waals surface area contributed by atoms with Gasteiger partial charge in [-0.15, -0.1) is 11.8 Å². The fraction of sp³-hybridized carbons (Fsp3) is 0.857. The third-order valence-corrected chi connectivity index (χ3v) is 6.64. The highest BCUT2D eigenvalue weighted by atomic mass is 32.2. The lowest BCUT2D eigenvalue weighted by molar-refractivity contribution is 0.217. The van der Waals surface area contributed by atoms with Crippen LogP contribution in [0, 0.1) is 11.8 Å². The Morgan fingerprint density at radius 3 is 2.88 bits per heavy atom. The van der Waals surface area contributed by atoms with Crippen LogP contribution in [0.2, 0.25) is 0 Å². The van der Waals surface area contributed by atoms with E-state index in [1.807, 2.05) is 0 Å². The lowest BCUT2D eigenvalue weighted by atomic mass is 9.72. The Morgan fingerprint density at radius 1 is 0.941 bits per heavy atom. The molecule has 2 heterocycles. The van der Waals surface area contributed by atoms with Gasteiger partial charge < -0.3 is 10.6 Å². The Labute approximate surface area is 108 Å². The fourth-order valence-electron chi connectivity index (χ4n) is 4.69. The molecule has 2 aliphatic carbocycles. The molecule has 0 spiro atoms. The molecule has 2 aliphatic heterocycles. The van der Waals surface area contributed by atoms with Crippen molar-refractivity contribution < 1.29 is 0 Å². The van der Waals surface area contributed by atoms with Gasteiger partial charge in [0.2, 0.25) is 0 Å². The summed E-state index contributed by atoms with van der Waals surface area (Å²) in [6.07, 6.45) is 10.8. The minimum Gasteiger partial charge on any atom is -0.387 e. The molecule has 6 unspecified atom stereocenters. The lowest BCUT2D eigenvalue weighted by Crippen LogP contribution is -2.53. The summed E-state index contributed by atoms with van der Waals surface area (Å²) in [4.78, 5) is 0. The third kappa shape index (κ3) is 1.66. The van der Waals surface area contributed by atoms with E-state index in [4.69, 9.17) is 0 Å². The van der Waals surface area contributed by atoms with Crippen molar-refractivity contribution in [3.63, 3.8) is 0 Å². The molecule has 0 aromatic carbocycles. The highest BCUT2D eigenvalue weighted by molar-refractivity contribution is 8.02. The molecule has 0 bridgehead atoms. The van der Waals surface area contributed by atoms with Crippen molar-refractivity contribution in [2.75, 3.05) is 0 Å². The summed E-state index contributed by atoms with van der Waals surface area (Å²) >= 11 is 2.06. The molecular formula is C14H22N2S. The standard InChI is InChI=1S/C14H22N2S/c1-2-4-11-9(3-1)10-5-6-12-14(13(10)16-11)17-8-7-15-12/h7-16H,1-6H2. The summed E-state index contributed by atoms with van der Waals surface area (Å²) in [5.41, 5.74) is 0. The van der Waals surface area contributed by atoms with Crippen molar-refractivity contribution in [1.82, 2.24) is 10.6 Å². The summed E-state index contributed by atoms with van der Waals surface area (Å²) < 4.78 is 0. The molecule has 0 aromatic rings. The van der Waals surface area contributed by atoms with E-state index in [0.29, 0.717) is 0 Å². The van der Waals surface area contributed by atoms with E-state index in [0.717, 1.165) is 35.2 Å². The smallest absolute Gasteiger partial charge is 0.0447 e. The maximum absolute atomic E-state index is 4.00. The zero-order valence-corrected chi connectivity index (χ0v) is 11.1. The van der Waals surface area contributed by atoms with Crippen LogP contribution in [0.5, 0.6) is 0 Å². The molecule has 0 amide bonds. The van der Waals surface area contributed by atoms with Crippen molar-refractivity contribution in [2.24, 2.45) is 11.8 Å². The van der Waals surface area contributed by atoms with Crippen molar-refractivity contribution >= 4 is 11.8 Å². The summed E-state index contributed by atoms with van der Waals surface area (Å²) in [5.74, 6) is 1.98. The van der Waals surface area contributed by atoms with Gasteiger partial charge in [0.25, 0.3) is 0 Å². The second-order valence-corrected chi connectivity index (χ2v) is 7.25. The molecule has 17 heavy (non-hydrogen) atoms. The Bertz CT molecular complexity index is 330. The molecule has 3 fully saturated rings. The zero-order valence-electron chi connectivity index (χ0n) is 10.3. The summed E-state index contributed by atoms with van der Waals surface area (Å²) in [6, 6.07) is 2.35. The average Bonchev–Trinajstić information content (AvgIpc) is 2.78. The van der Waals surface area contributed by atoms with E-state index in [1.165, 1.54) is 38.5 Å². The van der Waals surface area contributed by atoms with Crippen molar-refractivity contribution in [3.8, 4) is 0 Å². The van der Waals surface area contributed by atoms with Crippen molar-refractivity contribution in [3.05, 3.63) is 11.6 Å². The summed E-state index contributed by atoms with van der Waals surface area (Å²) in [7, 11) is 0. The van der Waals surface area contributed by atoms with Crippen LogP contribution in [0.4, 0.5) is 0 Å². The molecule has 1 saturated heterocycles. The molecule has 3 heteroatoms. The Morgan fingerprint density at radius 2 is 1.88 bits per heavy atom. The van der Waals surface area contributed by atoms with E-state index in [2.05, 4.69) is 34.0 Å². The van der Waals surface area contributed by atoms with Crippen LogP contribution in [0.1, 0.15) is 38.5 Å². The SMILES string of the molecule is C1=CSC2C(CCC3C4CCCCC4NC32)N1. The third-order valence-electron chi connectivity index (χ3n) is 5.41. The molecule has 0 aromatic heterocycles. The Kier molecular flexibility index (Phi) is 2.65. The van der Waals surface area contributed by atoms with Crippen LogP contribution in [0.15, 0.2) is 11.6 Å². The molecule has 6 atom stereocenters. The predicted molar refractivity (Wildman–Crippen MR) is 72.8 cm³/mol. The van der Waals surface area contributed by atoms with Gasteiger partial charge in [-0.3, -0.25) is 0 Å².